The van der Waals surface area contributed by atoms with Gasteiger partial charge in [0.1, 0.15) is 0 Å². The van der Waals surface area contributed by atoms with Crippen LogP contribution in [0.5, 0.6) is 0 Å². The van der Waals surface area contributed by atoms with Gasteiger partial charge in [0, 0.05) is 6.42 Å². The smallest absolute Gasteiger partial charge is 0.346 e. The van der Waals surface area contributed by atoms with Gasteiger partial charge in [0.25, 0.3) is 10.3 Å². The van der Waals surface area contributed by atoms with Gasteiger partial charge >= 0.3 is 5.97 Å². The van der Waals surface area contributed by atoms with Gasteiger partial charge in [-0.2, -0.15) is 0 Å². The number of carboxylic acids is 1. The maximum atomic E-state index is 10.8. The fraction of sp³-hybridized carbons (Fsp3) is 0.176. The van der Waals surface area contributed by atoms with E-state index in [1.807, 2.05) is 18.2 Å². The molecule has 0 aliphatic carbocycles. The minimum Gasteiger partial charge on any atom is -1.00 e. The summed E-state index contributed by atoms with van der Waals surface area (Å²) in [4.78, 5) is 10.8. The Morgan fingerprint density at radius 2 is 1.83 bits per heavy atom. The molecule has 1 N–H and O–H groups in total. The molecule has 0 saturated heterocycles. The monoisotopic (exact) mass is 428 g/mol. The van der Waals surface area contributed by atoms with E-state index < -0.39 is 5.97 Å². The molecule has 0 aliphatic rings. The number of rotatable bonds is 5. The van der Waals surface area contributed by atoms with Gasteiger partial charge in [-0.05, 0) is 39.5 Å². The number of fused-ring (bicyclic) bond motifs is 1. The molecule has 4 nitrogen and oxygen atoms in total. The van der Waals surface area contributed by atoms with Gasteiger partial charge < -0.3 is 22.1 Å². The van der Waals surface area contributed by atoms with E-state index in [0.29, 0.717) is 11.7 Å². The molecule has 0 spiro atoms. The van der Waals surface area contributed by atoms with E-state index >= 15 is 0 Å². The summed E-state index contributed by atoms with van der Waals surface area (Å²) in [5.74, 6) is -0.959. The van der Waals surface area contributed by atoms with Crippen LogP contribution >= 0.6 is 23.2 Å². The zero-order valence-corrected chi connectivity index (χ0v) is 15.7. The molecule has 3 aromatic rings. The molecule has 0 unspecified atom stereocenters. The van der Waals surface area contributed by atoms with E-state index in [9.17, 15) is 4.79 Å². The number of aromatic nitrogens is 2. The van der Waals surface area contributed by atoms with Crippen molar-refractivity contribution in [2.75, 3.05) is 0 Å². The van der Waals surface area contributed by atoms with Crippen molar-refractivity contribution in [1.29, 1.82) is 0 Å². The predicted octanol–water partition coefficient (Wildman–Crippen LogP) is 0.567. The van der Waals surface area contributed by atoms with Crippen molar-refractivity contribution in [3.05, 3.63) is 64.7 Å². The summed E-state index contributed by atoms with van der Waals surface area (Å²) in [5, 5.41) is 11.9. The van der Waals surface area contributed by atoms with Gasteiger partial charge in [0.15, 0.2) is 6.54 Å². The molecular formula is C17H15BrCl2N2O2. The summed E-state index contributed by atoms with van der Waals surface area (Å²) >= 11 is 12.3. The van der Waals surface area contributed by atoms with Gasteiger partial charge in [0.2, 0.25) is 6.33 Å². The minimum absolute atomic E-state index is 0. The molecule has 0 fully saturated rings. The van der Waals surface area contributed by atoms with E-state index in [2.05, 4.69) is 24.3 Å². The number of nitrogens with zero attached hydrogens (tertiary/aromatic N) is 2. The highest BCUT2D eigenvalue weighted by atomic mass is 79.9. The number of carboxylic acid groups (broad SMARTS) is 1. The first-order chi connectivity index (χ1) is 11.1. The van der Waals surface area contributed by atoms with Crippen molar-refractivity contribution in [2.24, 2.45) is 0 Å². The Kier molecular flexibility index (Phi) is 6.27. The Labute approximate surface area is 160 Å². The molecular weight excluding hydrogens is 415 g/mol. The van der Waals surface area contributed by atoms with E-state index in [1.165, 1.54) is 20.9 Å². The lowest BCUT2D eigenvalue weighted by Gasteiger charge is -2.05. The quantitative estimate of drug-likeness (QED) is 0.602. The standard InChI is InChI=1S/C17H14Cl2N2O2.BrH/c18-16-17(19)21(10-15(22)23)11-20(16)9-8-13-6-3-5-12-4-1-2-7-14(12)13;/h1-7,11H,8-10H2;1H. The fourth-order valence-corrected chi connectivity index (χ4v) is 3.12. The normalized spacial score (nSPS) is 10.6. The van der Waals surface area contributed by atoms with Crippen molar-refractivity contribution < 1.29 is 31.4 Å². The van der Waals surface area contributed by atoms with Crippen LogP contribution < -0.4 is 21.5 Å². The third-order valence-corrected chi connectivity index (χ3v) is 4.65. The lowest BCUT2D eigenvalue weighted by molar-refractivity contribution is -0.693. The Hall–Kier alpha value is -1.56. The number of carbonyl (C=O) groups is 1. The number of halogens is 3. The van der Waals surface area contributed by atoms with Crippen LogP contribution in [0.2, 0.25) is 10.3 Å². The van der Waals surface area contributed by atoms with E-state index in [0.717, 1.165) is 6.42 Å². The van der Waals surface area contributed by atoms with Gasteiger partial charge in [-0.25, -0.2) is 13.9 Å². The maximum Gasteiger partial charge on any atom is 0.346 e. The van der Waals surface area contributed by atoms with Gasteiger partial charge in [-0.3, -0.25) is 0 Å². The Bertz CT molecular complexity index is 875. The van der Waals surface area contributed by atoms with Crippen LogP contribution in [0, 0.1) is 0 Å². The number of hydrogen-bond acceptors (Lipinski definition) is 1. The second-order valence-corrected chi connectivity index (χ2v) is 6.02. The topological polar surface area (TPSA) is 46.1 Å². The summed E-state index contributed by atoms with van der Waals surface area (Å²) in [5.41, 5.74) is 1.22. The lowest BCUT2D eigenvalue weighted by Crippen LogP contribution is -3.00. The molecule has 0 saturated carbocycles. The molecule has 0 bridgehead atoms. The molecule has 1 heterocycles. The molecule has 0 atom stereocenters. The zero-order valence-electron chi connectivity index (χ0n) is 12.6. The van der Waals surface area contributed by atoms with Crippen LogP contribution in [-0.2, 0) is 24.3 Å². The molecule has 7 heteroatoms. The maximum absolute atomic E-state index is 10.8. The van der Waals surface area contributed by atoms with E-state index in [-0.39, 0.29) is 28.7 Å². The average molecular weight is 430 g/mol. The fourth-order valence-electron chi connectivity index (χ4n) is 2.67. The van der Waals surface area contributed by atoms with E-state index in [1.54, 1.807) is 10.9 Å². The first-order valence-corrected chi connectivity index (χ1v) is 7.94. The average Bonchev–Trinajstić information content (AvgIpc) is 2.80. The summed E-state index contributed by atoms with van der Waals surface area (Å²) in [6.45, 7) is 0.416. The predicted molar refractivity (Wildman–Crippen MR) is 89.9 cm³/mol. The van der Waals surface area contributed by atoms with Gasteiger partial charge in [0.05, 0.1) is 6.54 Å². The molecule has 1 aromatic heterocycles. The van der Waals surface area contributed by atoms with Crippen LogP contribution in [0.3, 0.4) is 0 Å². The second kappa shape index (κ2) is 8.01. The van der Waals surface area contributed by atoms with Gasteiger partial charge in [-0.15, -0.1) is 0 Å². The Balaban J connectivity index is 0.00000208. The molecule has 3 rings (SSSR count). The lowest BCUT2D eigenvalue weighted by atomic mass is 10.0. The van der Waals surface area contributed by atoms with Crippen LogP contribution in [0.4, 0.5) is 0 Å². The van der Waals surface area contributed by atoms with Crippen molar-refractivity contribution in [3.8, 4) is 0 Å². The highest BCUT2D eigenvalue weighted by Gasteiger charge is 2.21. The van der Waals surface area contributed by atoms with Gasteiger partial charge in [-0.1, -0.05) is 42.5 Å². The molecule has 24 heavy (non-hydrogen) atoms. The van der Waals surface area contributed by atoms with Crippen molar-refractivity contribution in [3.63, 3.8) is 0 Å². The number of aryl methyl sites for hydroxylation is 2. The summed E-state index contributed by atoms with van der Waals surface area (Å²) in [7, 11) is 0. The largest absolute Gasteiger partial charge is 1.00 e. The van der Waals surface area contributed by atoms with Crippen molar-refractivity contribution in [1.82, 2.24) is 4.57 Å². The highest BCUT2D eigenvalue weighted by Crippen LogP contribution is 2.21. The number of aliphatic carboxylic acids is 1. The Morgan fingerprint density at radius 3 is 2.58 bits per heavy atom. The van der Waals surface area contributed by atoms with Crippen LogP contribution in [-0.4, -0.2) is 15.6 Å². The first-order valence-electron chi connectivity index (χ1n) is 7.18. The van der Waals surface area contributed by atoms with Crippen LogP contribution in [0.15, 0.2) is 48.8 Å². The summed E-state index contributed by atoms with van der Waals surface area (Å²) < 4.78 is 3.20. The number of benzene rings is 2. The molecule has 126 valence electrons. The summed E-state index contributed by atoms with van der Waals surface area (Å²) in [6, 6.07) is 14.4. The second-order valence-electron chi connectivity index (χ2n) is 5.30. The van der Waals surface area contributed by atoms with E-state index in [4.69, 9.17) is 28.3 Å². The number of hydrogen-bond donors (Lipinski definition) is 1. The third kappa shape index (κ3) is 3.91. The zero-order chi connectivity index (χ0) is 16.4. The minimum atomic E-state index is -0.959. The van der Waals surface area contributed by atoms with Crippen LogP contribution in [0.1, 0.15) is 5.56 Å². The molecule has 2 aromatic carbocycles. The third-order valence-electron chi connectivity index (χ3n) is 3.76. The molecule has 0 radical (unpaired) electrons. The SMILES string of the molecule is O=C(O)Cn1c[n+](CCc2cccc3ccccc23)c(Cl)c1Cl.[Br-]. The molecule has 0 amide bonds. The van der Waals surface area contributed by atoms with Crippen molar-refractivity contribution >= 4 is 39.9 Å². The summed E-state index contributed by atoms with van der Waals surface area (Å²) in [6.07, 6.45) is 2.42. The highest BCUT2D eigenvalue weighted by molar-refractivity contribution is 6.39. The Morgan fingerprint density at radius 1 is 1.12 bits per heavy atom. The van der Waals surface area contributed by atoms with Crippen LogP contribution in [0.25, 0.3) is 10.8 Å². The molecule has 0 aliphatic heterocycles. The first kappa shape index (κ1) is 18.8. The number of imidazole rings is 1. The van der Waals surface area contributed by atoms with Crippen molar-refractivity contribution in [2.45, 2.75) is 19.5 Å².